The van der Waals surface area contributed by atoms with Crippen LogP contribution in [0.2, 0.25) is 0 Å². The van der Waals surface area contributed by atoms with Crippen LogP contribution in [-0.2, 0) is 9.47 Å². The Labute approximate surface area is 198 Å². The van der Waals surface area contributed by atoms with Gasteiger partial charge >= 0.3 is 0 Å². The van der Waals surface area contributed by atoms with Crippen LogP contribution in [0.3, 0.4) is 0 Å². The normalized spacial score (nSPS) is 11.4. The number of hydrogen-bond donors (Lipinski definition) is 2. The topological polar surface area (TPSA) is 102 Å². The number of hydrogen-bond acceptors (Lipinski definition) is 8. The van der Waals surface area contributed by atoms with E-state index in [-0.39, 0.29) is 11.5 Å². The van der Waals surface area contributed by atoms with Crippen LogP contribution >= 0.6 is 0 Å². The Bertz CT molecular complexity index is 1040. The summed E-state index contributed by atoms with van der Waals surface area (Å²) < 4.78 is 21.0. The summed E-state index contributed by atoms with van der Waals surface area (Å²) in [6.07, 6.45) is 3.10. The average Bonchev–Trinajstić information content (AvgIpc) is 2.85. The molecule has 34 heavy (non-hydrogen) atoms. The van der Waals surface area contributed by atoms with E-state index in [1.165, 1.54) is 0 Å². The SMILES string of the molecule is COCCOc1cccc(C=Nc2ccccc2N=Cc2cccc(OCCOC)c2O)c1O. The number of nitrogens with zero attached hydrogens (tertiary/aromatic N) is 2. The fourth-order valence-corrected chi connectivity index (χ4v) is 2.95. The number of para-hydroxylation sites is 4. The summed E-state index contributed by atoms with van der Waals surface area (Å²) in [6.45, 7) is 1.49. The van der Waals surface area contributed by atoms with E-state index in [0.29, 0.717) is 60.4 Å². The van der Waals surface area contributed by atoms with Crippen LogP contribution in [0.15, 0.2) is 70.6 Å². The molecule has 0 bridgehead atoms. The van der Waals surface area contributed by atoms with Gasteiger partial charge in [-0.15, -0.1) is 0 Å². The van der Waals surface area contributed by atoms with Gasteiger partial charge in [0.25, 0.3) is 0 Å². The first-order valence-electron chi connectivity index (χ1n) is 10.7. The smallest absolute Gasteiger partial charge is 0.166 e. The molecule has 3 rings (SSSR count). The van der Waals surface area contributed by atoms with Gasteiger partial charge in [0.1, 0.15) is 13.2 Å². The zero-order chi connectivity index (χ0) is 24.2. The van der Waals surface area contributed by atoms with Crippen LogP contribution in [0.1, 0.15) is 11.1 Å². The number of phenolic OH excluding ortho intramolecular Hbond substituents is 2. The van der Waals surface area contributed by atoms with E-state index in [0.717, 1.165) is 0 Å². The summed E-state index contributed by atoms with van der Waals surface area (Å²) >= 11 is 0. The van der Waals surface area contributed by atoms with E-state index in [1.54, 1.807) is 63.0 Å². The lowest BCUT2D eigenvalue weighted by Crippen LogP contribution is -2.04. The molecular formula is C26H28N2O6. The lowest BCUT2D eigenvalue weighted by atomic mass is 10.2. The minimum atomic E-state index is -0.00135. The second-order valence-electron chi connectivity index (χ2n) is 7.08. The number of phenols is 2. The summed E-state index contributed by atoms with van der Waals surface area (Å²) in [4.78, 5) is 8.99. The summed E-state index contributed by atoms with van der Waals surface area (Å²) in [6, 6.07) is 17.7. The first-order chi connectivity index (χ1) is 16.6. The maximum Gasteiger partial charge on any atom is 0.166 e. The molecule has 0 heterocycles. The first-order valence-corrected chi connectivity index (χ1v) is 10.7. The van der Waals surface area contributed by atoms with Crippen molar-refractivity contribution in [3.63, 3.8) is 0 Å². The van der Waals surface area contributed by atoms with E-state index < -0.39 is 0 Å². The van der Waals surface area contributed by atoms with E-state index >= 15 is 0 Å². The average molecular weight is 465 g/mol. The van der Waals surface area contributed by atoms with Crippen molar-refractivity contribution in [2.24, 2.45) is 9.98 Å². The van der Waals surface area contributed by atoms with Gasteiger partial charge in [-0.3, -0.25) is 9.98 Å². The van der Waals surface area contributed by atoms with Gasteiger partial charge in [0.2, 0.25) is 0 Å². The molecule has 0 radical (unpaired) electrons. The number of benzene rings is 3. The molecule has 0 saturated carbocycles. The molecule has 178 valence electrons. The quantitative estimate of drug-likeness (QED) is 0.299. The largest absolute Gasteiger partial charge is 0.504 e. The Morgan fingerprint density at radius 1 is 0.618 bits per heavy atom. The molecule has 0 fully saturated rings. The van der Waals surface area contributed by atoms with E-state index in [1.807, 2.05) is 24.3 Å². The Kier molecular flexibility index (Phi) is 9.45. The van der Waals surface area contributed by atoms with Crippen LogP contribution in [0.5, 0.6) is 23.0 Å². The summed E-state index contributed by atoms with van der Waals surface area (Å²) in [5, 5.41) is 21.0. The van der Waals surface area contributed by atoms with Crippen molar-refractivity contribution in [2.75, 3.05) is 40.6 Å². The molecule has 8 heteroatoms. The fraction of sp³-hybridized carbons (Fsp3) is 0.231. The molecule has 3 aromatic carbocycles. The molecule has 0 atom stereocenters. The van der Waals surface area contributed by atoms with Gasteiger partial charge in [0, 0.05) is 37.8 Å². The molecule has 8 nitrogen and oxygen atoms in total. The van der Waals surface area contributed by atoms with E-state index in [9.17, 15) is 10.2 Å². The van der Waals surface area contributed by atoms with E-state index in [4.69, 9.17) is 18.9 Å². The van der Waals surface area contributed by atoms with Gasteiger partial charge in [0.15, 0.2) is 23.0 Å². The predicted molar refractivity (Wildman–Crippen MR) is 132 cm³/mol. The van der Waals surface area contributed by atoms with Crippen molar-refractivity contribution in [3.8, 4) is 23.0 Å². The van der Waals surface area contributed by atoms with Gasteiger partial charge in [-0.2, -0.15) is 0 Å². The Morgan fingerprint density at radius 2 is 1.06 bits per heavy atom. The van der Waals surface area contributed by atoms with Crippen LogP contribution in [0, 0.1) is 0 Å². The highest BCUT2D eigenvalue weighted by Crippen LogP contribution is 2.32. The van der Waals surface area contributed by atoms with Crippen molar-refractivity contribution >= 4 is 23.8 Å². The second-order valence-corrected chi connectivity index (χ2v) is 7.08. The third kappa shape index (κ3) is 6.81. The number of aliphatic imine (C=N–C) groups is 2. The maximum atomic E-state index is 10.5. The molecule has 0 aromatic heterocycles. The van der Waals surface area contributed by atoms with Gasteiger partial charge < -0.3 is 29.2 Å². The molecule has 2 N–H and O–H groups in total. The summed E-state index contributed by atoms with van der Waals surface area (Å²) in [7, 11) is 3.17. The number of aromatic hydroxyl groups is 2. The second kappa shape index (κ2) is 13.0. The van der Waals surface area contributed by atoms with Crippen molar-refractivity contribution in [1.29, 1.82) is 0 Å². The molecule has 0 aliphatic rings. The van der Waals surface area contributed by atoms with Crippen molar-refractivity contribution < 1.29 is 29.2 Å². The molecular weight excluding hydrogens is 436 g/mol. The van der Waals surface area contributed by atoms with Crippen LogP contribution < -0.4 is 9.47 Å². The van der Waals surface area contributed by atoms with Crippen molar-refractivity contribution in [3.05, 3.63) is 71.8 Å². The summed E-state index contributed by atoms with van der Waals surface area (Å²) in [5.74, 6) is 0.711. The Hall–Kier alpha value is -3.88. The number of methoxy groups -OCH3 is 2. The molecule has 0 saturated heterocycles. The zero-order valence-electron chi connectivity index (χ0n) is 19.2. The molecule has 0 spiro atoms. The lowest BCUT2D eigenvalue weighted by molar-refractivity contribution is 0.144. The number of rotatable bonds is 12. The standard InChI is InChI=1S/C26H28N2O6/c1-31-13-15-33-23-11-5-7-19(25(23)29)17-27-21-9-3-4-10-22(21)28-18-20-8-6-12-24(26(20)30)34-16-14-32-2/h3-12,17-18,29-30H,13-16H2,1-2H3. The van der Waals surface area contributed by atoms with E-state index in [2.05, 4.69) is 9.98 Å². The highest BCUT2D eigenvalue weighted by molar-refractivity contribution is 5.90. The van der Waals surface area contributed by atoms with Crippen LogP contribution in [-0.4, -0.2) is 63.3 Å². The maximum absolute atomic E-state index is 10.5. The summed E-state index contributed by atoms with van der Waals surface area (Å²) in [5.41, 5.74) is 2.20. The molecule has 0 amide bonds. The first kappa shape index (κ1) is 24.8. The van der Waals surface area contributed by atoms with Crippen molar-refractivity contribution in [1.82, 2.24) is 0 Å². The third-order valence-electron chi connectivity index (χ3n) is 4.72. The zero-order valence-corrected chi connectivity index (χ0v) is 19.2. The van der Waals surface area contributed by atoms with Crippen LogP contribution in [0.4, 0.5) is 11.4 Å². The molecule has 0 unspecified atom stereocenters. The molecule has 0 aliphatic carbocycles. The Balaban J connectivity index is 1.79. The van der Waals surface area contributed by atoms with Crippen molar-refractivity contribution in [2.45, 2.75) is 0 Å². The fourth-order valence-electron chi connectivity index (χ4n) is 2.95. The van der Waals surface area contributed by atoms with Gasteiger partial charge in [0.05, 0.1) is 24.6 Å². The minimum Gasteiger partial charge on any atom is -0.504 e. The monoisotopic (exact) mass is 464 g/mol. The molecule has 3 aromatic rings. The van der Waals surface area contributed by atoms with Gasteiger partial charge in [-0.25, -0.2) is 0 Å². The van der Waals surface area contributed by atoms with Gasteiger partial charge in [-0.1, -0.05) is 24.3 Å². The predicted octanol–water partition coefficient (Wildman–Crippen LogP) is 4.65. The van der Waals surface area contributed by atoms with Crippen LogP contribution in [0.25, 0.3) is 0 Å². The lowest BCUT2D eigenvalue weighted by Gasteiger charge is -2.09. The highest BCUT2D eigenvalue weighted by atomic mass is 16.5. The molecule has 0 aliphatic heterocycles. The van der Waals surface area contributed by atoms with Gasteiger partial charge in [-0.05, 0) is 36.4 Å². The Morgan fingerprint density at radius 3 is 1.47 bits per heavy atom. The minimum absolute atomic E-state index is 0.00135. The number of ether oxygens (including phenoxy) is 4. The highest BCUT2D eigenvalue weighted by Gasteiger charge is 2.08. The third-order valence-corrected chi connectivity index (χ3v) is 4.72.